The highest BCUT2D eigenvalue weighted by Crippen LogP contribution is 2.38. The Morgan fingerprint density at radius 1 is 1.36 bits per heavy atom. The molecule has 0 aromatic heterocycles. The first-order chi connectivity index (χ1) is 13.5. The monoisotopic (exact) mass is 408 g/mol. The van der Waals surface area contributed by atoms with Crippen LogP contribution >= 0.6 is 11.6 Å². The van der Waals surface area contributed by atoms with Gasteiger partial charge in [0.15, 0.2) is 17.5 Å². The Labute approximate surface area is 171 Å². The number of fused-ring (bicyclic) bond motifs is 1. The largest absolute Gasteiger partial charge is 0.486 e. The summed E-state index contributed by atoms with van der Waals surface area (Å²) < 4.78 is 11.2. The Hall–Kier alpha value is -2.15. The van der Waals surface area contributed by atoms with Gasteiger partial charge in [-0.25, -0.2) is 0 Å². The Bertz CT molecular complexity index is 738. The number of hydrogen-bond acceptors (Lipinski definition) is 4. The van der Waals surface area contributed by atoms with E-state index in [-0.39, 0.29) is 17.9 Å². The molecule has 0 saturated carbocycles. The number of ether oxygens (including phenoxy) is 2. The zero-order valence-corrected chi connectivity index (χ0v) is 17.5. The molecule has 7 nitrogen and oxygen atoms in total. The van der Waals surface area contributed by atoms with Gasteiger partial charge in [-0.15, -0.1) is 0 Å². The highest BCUT2D eigenvalue weighted by atomic mass is 35.5. The molecule has 2 heterocycles. The van der Waals surface area contributed by atoms with Crippen molar-refractivity contribution < 1.29 is 14.3 Å². The Kier molecular flexibility index (Phi) is 6.88. The predicted octanol–water partition coefficient (Wildman–Crippen LogP) is 2.08. The van der Waals surface area contributed by atoms with Crippen molar-refractivity contribution in [2.45, 2.75) is 32.7 Å². The van der Waals surface area contributed by atoms with Crippen molar-refractivity contribution in [1.29, 1.82) is 0 Å². The van der Waals surface area contributed by atoms with E-state index in [4.69, 9.17) is 21.1 Å². The number of nitrogens with one attached hydrogen (secondary N) is 2. The average molecular weight is 409 g/mol. The quantitative estimate of drug-likeness (QED) is 0.576. The molecule has 8 heteroatoms. The van der Waals surface area contributed by atoms with Crippen LogP contribution in [0.3, 0.4) is 0 Å². The van der Waals surface area contributed by atoms with E-state index in [2.05, 4.69) is 15.6 Å². The van der Waals surface area contributed by atoms with Crippen molar-refractivity contribution in [3.8, 4) is 11.5 Å². The topological polar surface area (TPSA) is 75.2 Å². The summed E-state index contributed by atoms with van der Waals surface area (Å²) in [4.78, 5) is 18.3. The van der Waals surface area contributed by atoms with E-state index in [1.54, 1.807) is 7.05 Å². The van der Waals surface area contributed by atoms with Crippen LogP contribution < -0.4 is 20.1 Å². The SMILES string of the molecule is CN=C(NCCc1cc(Cl)c2c(c1)OCCO2)NC1CCN(C(=O)C(C)C)C1. The molecule has 3 rings (SSSR count). The van der Waals surface area contributed by atoms with Crippen LogP contribution in [0.1, 0.15) is 25.8 Å². The summed E-state index contributed by atoms with van der Waals surface area (Å²) in [6.45, 7) is 7.16. The number of likely N-dealkylation sites (tertiary alicyclic amines) is 1. The second kappa shape index (κ2) is 9.37. The minimum absolute atomic E-state index is 0.0361. The van der Waals surface area contributed by atoms with Crippen LogP contribution in [-0.2, 0) is 11.2 Å². The van der Waals surface area contributed by atoms with Gasteiger partial charge in [-0.1, -0.05) is 25.4 Å². The van der Waals surface area contributed by atoms with Crippen LogP contribution in [0.5, 0.6) is 11.5 Å². The van der Waals surface area contributed by atoms with Gasteiger partial charge >= 0.3 is 0 Å². The second-order valence-corrected chi connectivity index (χ2v) is 7.83. The van der Waals surface area contributed by atoms with Crippen LogP contribution in [0.4, 0.5) is 0 Å². The number of guanidine groups is 1. The molecule has 0 bridgehead atoms. The highest BCUT2D eigenvalue weighted by molar-refractivity contribution is 6.32. The van der Waals surface area contributed by atoms with Crippen molar-refractivity contribution in [3.63, 3.8) is 0 Å². The lowest BCUT2D eigenvalue weighted by atomic mass is 10.1. The van der Waals surface area contributed by atoms with Crippen molar-refractivity contribution in [2.24, 2.45) is 10.9 Å². The van der Waals surface area contributed by atoms with Crippen LogP contribution in [0.2, 0.25) is 5.02 Å². The van der Waals surface area contributed by atoms with Gasteiger partial charge in [0.1, 0.15) is 13.2 Å². The molecule has 0 radical (unpaired) electrons. The number of benzene rings is 1. The van der Waals surface area contributed by atoms with Crippen LogP contribution in [-0.4, -0.2) is 62.7 Å². The van der Waals surface area contributed by atoms with Gasteiger partial charge in [0, 0.05) is 38.6 Å². The summed E-state index contributed by atoms with van der Waals surface area (Å²) in [5.74, 6) is 2.32. The maximum Gasteiger partial charge on any atom is 0.225 e. The van der Waals surface area contributed by atoms with Crippen molar-refractivity contribution in [1.82, 2.24) is 15.5 Å². The molecule has 1 aromatic carbocycles. The van der Waals surface area contributed by atoms with Crippen molar-refractivity contribution >= 4 is 23.5 Å². The average Bonchev–Trinajstić information content (AvgIpc) is 3.15. The lowest BCUT2D eigenvalue weighted by molar-refractivity contribution is -0.133. The summed E-state index contributed by atoms with van der Waals surface area (Å²) in [5.41, 5.74) is 1.08. The minimum Gasteiger partial charge on any atom is -0.486 e. The van der Waals surface area contributed by atoms with E-state index in [9.17, 15) is 4.79 Å². The van der Waals surface area contributed by atoms with E-state index in [0.717, 1.165) is 37.5 Å². The van der Waals surface area contributed by atoms with Gasteiger partial charge in [-0.3, -0.25) is 9.79 Å². The third-order valence-corrected chi connectivity index (χ3v) is 5.20. The van der Waals surface area contributed by atoms with Gasteiger partial charge in [0.05, 0.1) is 5.02 Å². The van der Waals surface area contributed by atoms with E-state index in [1.165, 1.54) is 0 Å². The zero-order valence-electron chi connectivity index (χ0n) is 16.8. The molecule has 1 fully saturated rings. The van der Waals surface area contributed by atoms with E-state index in [1.807, 2.05) is 30.9 Å². The van der Waals surface area contributed by atoms with E-state index >= 15 is 0 Å². The number of nitrogens with zero attached hydrogens (tertiary/aromatic N) is 2. The number of carbonyl (C=O) groups excluding carboxylic acids is 1. The highest BCUT2D eigenvalue weighted by Gasteiger charge is 2.27. The minimum atomic E-state index is 0.0361. The molecule has 1 atom stereocenters. The Morgan fingerprint density at radius 2 is 2.14 bits per heavy atom. The van der Waals surface area contributed by atoms with Crippen molar-refractivity contribution in [2.75, 3.05) is 39.9 Å². The molecule has 28 heavy (non-hydrogen) atoms. The summed E-state index contributed by atoms with van der Waals surface area (Å²) in [7, 11) is 1.75. The standard InChI is InChI=1S/C20H29ClN4O3/c1-13(2)19(26)25-7-5-15(12-25)24-20(22-3)23-6-4-14-10-16(21)18-17(11-14)27-8-9-28-18/h10-11,13,15H,4-9,12H2,1-3H3,(H2,22,23,24). The summed E-state index contributed by atoms with van der Waals surface area (Å²) in [6.07, 6.45) is 1.70. The third kappa shape index (κ3) is 5.01. The second-order valence-electron chi connectivity index (χ2n) is 7.42. The normalized spacial score (nSPS) is 19.1. The molecule has 1 amide bonds. The van der Waals surface area contributed by atoms with Gasteiger partial charge in [-0.2, -0.15) is 0 Å². The molecule has 2 aliphatic rings. The number of hydrogen-bond donors (Lipinski definition) is 2. The first-order valence-corrected chi connectivity index (χ1v) is 10.2. The number of amides is 1. The summed E-state index contributed by atoms with van der Waals surface area (Å²) >= 11 is 6.30. The summed E-state index contributed by atoms with van der Waals surface area (Å²) in [5, 5.41) is 7.32. The maximum absolute atomic E-state index is 12.1. The molecule has 0 aliphatic carbocycles. The fraction of sp³-hybridized carbons (Fsp3) is 0.600. The number of halogens is 1. The van der Waals surface area contributed by atoms with Crippen LogP contribution in [0.15, 0.2) is 17.1 Å². The van der Waals surface area contributed by atoms with E-state index < -0.39 is 0 Å². The van der Waals surface area contributed by atoms with Gasteiger partial charge in [0.25, 0.3) is 0 Å². The maximum atomic E-state index is 12.1. The lowest BCUT2D eigenvalue weighted by Crippen LogP contribution is -2.45. The smallest absolute Gasteiger partial charge is 0.225 e. The fourth-order valence-electron chi connectivity index (χ4n) is 3.47. The fourth-order valence-corrected chi connectivity index (χ4v) is 3.75. The number of aliphatic imine (C=N–C) groups is 1. The predicted molar refractivity (Wildman–Crippen MR) is 110 cm³/mol. The Balaban J connectivity index is 1.48. The first-order valence-electron chi connectivity index (χ1n) is 9.82. The molecule has 1 aromatic rings. The van der Waals surface area contributed by atoms with Crippen LogP contribution in [0.25, 0.3) is 0 Å². The zero-order chi connectivity index (χ0) is 20.1. The summed E-state index contributed by atoms with van der Waals surface area (Å²) in [6, 6.07) is 4.11. The molecule has 0 spiro atoms. The molecule has 154 valence electrons. The molecule has 1 unspecified atom stereocenters. The lowest BCUT2D eigenvalue weighted by Gasteiger charge is -2.21. The van der Waals surface area contributed by atoms with E-state index in [0.29, 0.717) is 36.3 Å². The van der Waals surface area contributed by atoms with Gasteiger partial charge in [-0.05, 0) is 30.5 Å². The molecule has 1 saturated heterocycles. The van der Waals surface area contributed by atoms with Crippen LogP contribution in [0, 0.1) is 5.92 Å². The molecule has 2 aliphatic heterocycles. The Morgan fingerprint density at radius 3 is 2.89 bits per heavy atom. The number of rotatable bonds is 5. The first kappa shape index (κ1) is 20.6. The molecular formula is C20H29ClN4O3. The molecular weight excluding hydrogens is 380 g/mol. The van der Waals surface area contributed by atoms with Gasteiger partial charge < -0.3 is 25.0 Å². The van der Waals surface area contributed by atoms with Gasteiger partial charge in [0.2, 0.25) is 5.91 Å². The third-order valence-electron chi connectivity index (χ3n) is 4.92. The molecule has 2 N–H and O–H groups in total. The number of carbonyl (C=O) groups is 1. The van der Waals surface area contributed by atoms with Crippen molar-refractivity contribution in [3.05, 3.63) is 22.7 Å².